The molecule has 0 fully saturated rings. The smallest absolute Gasteiger partial charge is 0.273 e. The van der Waals surface area contributed by atoms with Crippen molar-refractivity contribution < 1.29 is 9.59 Å². The van der Waals surface area contributed by atoms with E-state index in [0.717, 1.165) is 11.1 Å². The number of nitrogens with two attached hydrogens (primary N) is 1. The Bertz CT molecular complexity index is 1060. The molecule has 0 aliphatic heterocycles. The number of carbonyl (C=O) groups excluding carboxylic acids is 2. The number of aryl methyl sites for hydroxylation is 1. The molecule has 0 aliphatic carbocycles. The maximum absolute atomic E-state index is 12.4. The summed E-state index contributed by atoms with van der Waals surface area (Å²) in [7, 11) is 0. The van der Waals surface area contributed by atoms with Crippen LogP contribution in [0.15, 0.2) is 65.1 Å². The fraction of sp³-hybridized carbons (Fsp3) is 0.0952. The Morgan fingerprint density at radius 1 is 1.04 bits per heavy atom. The lowest BCUT2D eigenvalue weighted by Crippen LogP contribution is -2.20. The minimum Gasteiger partial charge on any atom is -0.398 e. The molecule has 0 atom stereocenters. The zero-order valence-electron chi connectivity index (χ0n) is 15.5. The fourth-order valence-electron chi connectivity index (χ4n) is 2.58. The summed E-state index contributed by atoms with van der Waals surface area (Å²) < 4.78 is 0. The van der Waals surface area contributed by atoms with Crippen LogP contribution in [0.4, 0.5) is 11.4 Å². The second-order valence-electron chi connectivity index (χ2n) is 6.19. The van der Waals surface area contributed by atoms with Crippen LogP contribution in [0.1, 0.15) is 38.1 Å². The summed E-state index contributed by atoms with van der Waals surface area (Å²) in [6.45, 7) is 3.68. The van der Waals surface area contributed by atoms with Crippen molar-refractivity contribution in [2.24, 2.45) is 5.10 Å². The average Bonchev–Trinajstić information content (AvgIpc) is 3.12. The minimum atomic E-state index is -0.380. The van der Waals surface area contributed by atoms with E-state index < -0.39 is 0 Å². The Morgan fingerprint density at radius 3 is 2.54 bits per heavy atom. The van der Waals surface area contributed by atoms with Crippen LogP contribution in [0.2, 0.25) is 0 Å². The molecule has 0 saturated carbocycles. The molecule has 7 heteroatoms. The van der Waals surface area contributed by atoms with Gasteiger partial charge in [0, 0.05) is 11.4 Å². The van der Waals surface area contributed by atoms with Crippen molar-refractivity contribution in [2.75, 3.05) is 11.1 Å². The Morgan fingerprint density at radius 2 is 1.82 bits per heavy atom. The molecular formula is C21H20N4O2S. The molecule has 0 aliphatic rings. The molecule has 3 aromatic rings. The number of hydrogen-bond donors (Lipinski definition) is 3. The summed E-state index contributed by atoms with van der Waals surface area (Å²) in [6.07, 6.45) is 0. The van der Waals surface area contributed by atoms with Gasteiger partial charge in [0.25, 0.3) is 11.8 Å². The lowest BCUT2D eigenvalue weighted by molar-refractivity contribution is 0.0955. The van der Waals surface area contributed by atoms with E-state index in [1.807, 2.05) is 36.6 Å². The van der Waals surface area contributed by atoms with Gasteiger partial charge in [-0.3, -0.25) is 9.59 Å². The standard InChI is InChI=1S/C21H20N4O2S/c1-13-10-11-28-19(13)21(27)23-16-7-5-6-15(12-16)14(2)24-25-20(26)17-8-3-4-9-18(17)22/h3-12H,22H2,1-2H3,(H,23,27)(H,25,26). The van der Waals surface area contributed by atoms with Gasteiger partial charge < -0.3 is 11.1 Å². The zero-order chi connectivity index (χ0) is 20.1. The monoisotopic (exact) mass is 392 g/mol. The van der Waals surface area contributed by atoms with E-state index in [0.29, 0.717) is 27.5 Å². The van der Waals surface area contributed by atoms with Gasteiger partial charge in [0.15, 0.2) is 0 Å². The van der Waals surface area contributed by atoms with Crippen LogP contribution in [0.5, 0.6) is 0 Å². The van der Waals surface area contributed by atoms with Gasteiger partial charge in [0.05, 0.1) is 16.2 Å². The lowest BCUT2D eigenvalue weighted by Gasteiger charge is -2.08. The molecule has 0 unspecified atom stereocenters. The van der Waals surface area contributed by atoms with E-state index in [1.54, 1.807) is 37.3 Å². The third-order valence-electron chi connectivity index (χ3n) is 4.14. The first-order chi connectivity index (χ1) is 13.5. The number of nitrogens with zero attached hydrogens (tertiary/aromatic N) is 1. The van der Waals surface area contributed by atoms with Gasteiger partial charge in [-0.15, -0.1) is 11.3 Å². The minimum absolute atomic E-state index is 0.146. The highest BCUT2D eigenvalue weighted by Crippen LogP contribution is 2.19. The maximum atomic E-state index is 12.4. The Balaban J connectivity index is 1.71. The number of rotatable bonds is 5. The van der Waals surface area contributed by atoms with Gasteiger partial charge in [-0.05, 0) is 60.7 Å². The molecule has 1 aromatic heterocycles. The van der Waals surface area contributed by atoms with E-state index in [-0.39, 0.29) is 11.8 Å². The summed E-state index contributed by atoms with van der Waals surface area (Å²) in [5.74, 6) is -0.526. The summed E-state index contributed by atoms with van der Waals surface area (Å²) >= 11 is 1.40. The van der Waals surface area contributed by atoms with Gasteiger partial charge in [0.2, 0.25) is 0 Å². The molecule has 2 amide bonds. The summed E-state index contributed by atoms with van der Waals surface area (Å²) in [5.41, 5.74) is 12.1. The van der Waals surface area contributed by atoms with E-state index in [1.165, 1.54) is 11.3 Å². The molecule has 142 valence electrons. The number of hydrazone groups is 1. The molecular weight excluding hydrogens is 372 g/mol. The number of hydrogen-bond acceptors (Lipinski definition) is 5. The van der Waals surface area contributed by atoms with Crippen LogP contribution < -0.4 is 16.5 Å². The molecule has 0 spiro atoms. The molecule has 6 nitrogen and oxygen atoms in total. The fourth-order valence-corrected chi connectivity index (χ4v) is 3.40. The number of para-hydroxylation sites is 1. The van der Waals surface area contributed by atoms with Gasteiger partial charge in [0.1, 0.15) is 0 Å². The first kappa shape index (κ1) is 19.3. The quantitative estimate of drug-likeness (QED) is 0.347. The van der Waals surface area contributed by atoms with Crippen molar-refractivity contribution in [1.82, 2.24) is 5.43 Å². The summed E-state index contributed by atoms with van der Waals surface area (Å²) in [4.78, 5) is 25.3. The Labute approximate surface area is 167 Å². The molecule has 28 heavy (non-hydrogen) atoms. The summed E-state index contributed by atoms with van der Waals surface area (Å²) in [6, 6.07) is 16.0. The average molecular weight is 392 g/mol. The molecule has 1 heterocycles. The molecule has 4 N–H and O–H groups in total. The molecule has 0 radical (unpaired) electrons. The largest absolute Gasteiger partial charge is 0.398 e. The van der Waals surface area contributed by atoms with Crippen LogP contribution in [-0.2, 0) is 0 Å². The Kier molecular flexibility index (Phi) is 5.86. The third-order valence-corrected chi connectivity index (χ3v) is 5.15. The van der Waals surface area contributed by atoms with Crippen molar-refractivity contribution >= 4 is 40.2 Å². The van der Waals surface area contributed by atoms with Crippen molar-refractivity contribution in [3.05, 3.63) is 81.5 Å². The molecule has 2 aromatic carbocycles. The lowest BCUT2D eigenvalue weighted by atomic mass is 10.1. The van der Waals surface area contributed by atoms with Crippen molar-refractivity contribution in [3.63, 3.8) is 0 Å². The SMILES string of the molecule is CC(=NNC(=O)c1ccccc1N)c1cccc(NC(=O)c2sccc2C)c1. The number of nitrogens with one attached hydrogen (secondary N) is 2. The van der Waals surface area contributed by atoms with Crippen LogP contribution in [-0.4, -0.2) is 17.5 Å². The summed E-state index contributed by atoms with van der Waals surface area (Å²) in [5, 5.41) is 8.93. The van der Waals surface area contributed by atoms with Gasteiger partial charge in [-0.1, -0.05) is 24.3 Å². The molecule has 3 rings (SSSR count). The van der Waals surface area contributed by atoms with E-state index >= 15 is 0 Å². The maximum Gasteiger partial charge on any atom is 0.273 e. The molecule has 0 bridgehead atoms. The molecule has 0 saturated heterocycles. The van der Waals surface area contributed by atoms with E-state index in [9.17, 15) is 9.59 Å². The number of carbonyl (C=O) groups is 2. The number of benzene rings is 2. The topological polar surface area (TPSA) is 96.6 Å². The van der Waals surface area contributed by atoms with Crippen LogP contribution in [0.25, 0.3) is 0 Å². The third kappa shape index (κ3) is 4.44. The van der Waals surface area contributed by atoms with Crippen molar-refractivity contribution in [2.45, 2.75) is 13.8 Å². The number of anilines is 2. The van der Waals surface area contributed by atoms with Gasteiger partial charge in [-0.2, -0.15) is 5.10 Å². The second-order valence-corrected chi connectivity index (χ2v) is 7.11. The predicted octanol–water partition coefficient (Wildman–Crippen LogP) is 4.05. The highest BCUT2D eigenvalue weighted by Gasteiger charge is 2.11. The highest BCUT2D eigenvalue weighted by atomic mass is 32.1. The van der Waals surface area contributed by atoms with Crippen molar-refractivity contribution in [1.29, 1.82) is 0 Å². The predicted molar refractivity (Wildman–Crippen MR) is 114 cm³/mol. The van der Waals surface area contributed by atoms with Crippen molar-refractivity contribution in [3.8, 4) is 0 Å². The van der Waals surface area contributed by atoms with Crippen LogP contribution >= 0.6 is 11.3 Å². The van der Waals surface area contributed by atoms with Gasteiger partial charge in [-0.25, -0.2) is 5.43 Å². The van der Waals surface area contributed by atoms with Crippen LogP contribution in [0.3, 0.4) is 0 Å². The van der Waals surface area contributed by atoms with Crippen LogP contribution in [0, 0.1) is 6.92 Å². The number of thiophene rings is 1. The van der Waals surface area contributed by atoms with Gasteiger partial charge >= 0.3 is 0 Å². The van der Waals surface area contributed by atoms with E-state index in [4.69, 9.17) is 5.73 Å². The first-order valence-electron chi connectivity index (χ1n) is 8.60. The highest BCUT2D eigenvalue weighted by molar-refractivity contribution is 7.12. The Hall–Kier alpha value is -3.45. The number of nitrogen functional groups attached to an aromatic ring is 1. The second kappa shape index (κ2) is 8.49. The first-order valence-corrected chi connectivity index (χ1v) is 9.48. The number of amides is 2. The van der Waals surface area contributed by atoms with E-state index in [2.05, 4.69) is 15.8 Å². The normalized spacial score (nSPS) is 11.1. The zero-order valence-corrected chi connectivity index (χ0v) is 16.3.